The van der Waals surface area contributed by atoms with E-state index in [0.717, 1.165) is 5.56 Å². The lowest BCUT2D eigenvalue weighted by atomic mass is 10.2. The van der Waals surface area contributed by atoms with Crippen LogP contribution in [0.2, 0.25) is 0 Å². The summed E-state index contributed by atoms with van der Waals surface area (Å²) < 4.78 is 0. The summed E-state index contributed by atoms with van der Waals surface area (Å²) >= 11 is 0. The standard InChI is InChI=1S/C7H7N3O/c8-5-1-4-2-10-7(11)6(4)9-3-5/h1,3H,2,8H2,(H,10,11). The van der Waals surface area contributed by atoms with Crippen molar-refractivity contribution in [1.82, 2.24) is 10.3 Å². The molecule has 1 amide bonds. The predicted octanol–water partition coefficient (Wildman–Crippen LogP) is -0.0928. The molecule has 1 aliphatic heterocycles. The van der Waals surface area contributed by atoms with E-state index >= 15 is 0 Å². The van der Waals surface area contributed by atoms with Crippen molar-refractivity contribution in [1.29, 1.82) is 0 Å². The van der Waals surface area contributed by atoms with Crippen LogP contribution < -0.4 is 11.1 Å². The molecule has 0 unspecified atom stereocenters. The minimum Gasteiger partial charge on any atom is -0.397 e. The van der Waals surface area contributed by atoms with Gasteiger partial charge in [0.05, 0.1) is 11.9 Å². The smallest absolute Gasteiger partial charge is 0.270 e. The van der Waals surface area contributed by atoms with Gasteiger partial charge in [-0.15, -0.1) is 0 Å². The van der Waals surface area contributed by atoms with Gasteiger partial charge >= 0.3 is 0 Å². The molecule has 0 bridgehead atoms. The summed E-state index contributed by atoms with van der Waals surface area (Å²) in [6, 6.07) is 1.76. The molecule has 2 heterocycles. The zero-order valence-electron chi connectivity index (χ0n) is 5.79. The molecule has 1 aromatic rings. The lowest BCUT2D eigenvalue weighted by molar-refractivity contribution is 0.0961. The van der Waals surface area contributed by atoms with Crippen molar-refractivity contribution in [2.45, 2.75) is 6.54 Å². The van der Waals surface area contributed by atoms with Crippen molar-refractivity contribution in [2.24, 2.45) is 0 Å². The average Bonchev–Trinajstić information content (AvgIpc) is 2.32. The fourth-order valence-corrected chi connectivity index (χ4v) is 1.13. The van der Waals surface area contributed by atoms with Crippen LogP contribution in [0.4, 0.5) is 5.69 Å². The summed E-state index contributed by atoms with van der Waals surface area (Å²) in [7, 11) is 0. The molecular formula is C7H7N3O. The average molecular weight is 149 g/mol. The Morgan fingerprint density at radius 1 is 1.64 bits per heavy atom. The van der Waals surface area contributed by atoms with Gasteiger partial charge in [-0.05, 0) is 6.07 Å². The first-order valence-electron chi connectivity index (χ1n) is 3.30. The van der Waals surface area contributed by atoms with E-state index < -0.39 is 0 Å². The molecule has 0 saturated heterocycles. The number of amides is 1. The Kier molecular flexibility index (Phi) is 1.09. The normalized spacial score (nSPS) is 14.4. The Labute approximate surface area is 63.4 Å². The Balaban J connectivity index is 2.59. The van der Waals surface area contributed by atoms with Crippen molar-refractivity contribution in [3.63, 3.8) is 0 Å². The van der Waals surface area contributed by atoms with Crippen LogP contribution in [0.3, 0.4) is 0 Å². The van der Waals surface area contributed by atoms with Crippen LogP contribution >= 0.6 is 0 Å². The van der Waals surface area contributed by atoms with Crippen molar-refractivity contribution in [3.8, 4) is 0 Å². The fraction of sp³-hybridized carbons (Fsp3) is 0.143. The number of nitrogens with zero attached hydrogens (tertiary/aromatic N) is 1. The van der Waals surface area contributed by atoms with Gasteiger partial charge in [0, 0.05) is 12.1 Å². The highest BCUT2D eigenvalue weighted by atomic mass is 16.2. The third kappa shape index (κ3) is 0.832. The van der Waals surface area contributed by atoms with Crippen LogP contribution in [0.15, 0.2) is 12.3 Å². The van der Waals surface area contributed by atoms with Crippen LogP contribution in [-0.4, -0.2) is 10.9 Å². The van der Waals surface area contributed by atoms with Crippen molar-refractivity contribution in [3.05, 3.63) is 23.5 Å². The first kappa shape index (κ1) is 6.15. The van der Waals surface area contributed by atoms with Gasteiger partial charge in [0.2, 0.25) is 0 Å². The van der Waals surface area contributed by atoms with E-state index in [2.05, 4.69) is 10.3 Å². The molecule has 0 radical (unpaired) electrons. The molecule has 11 heavy (non-hydrogen) atoms. The van der Waals surface area contributed by atoms with Gasteiger partial charge < -0.3 is 11.1 Å². The van der Waals surface area contributed by atoms with Gasteiger partial charge in [0.1, 0.15) is 5.69 Å². The minimum absolute atomic E-state index is 0.111. The maximum Gasteiger partial charge on any atom is 0.270 e. The Morgan fingerprint density at radius 2 is 2.45 bits per heavy atom. The van der Waals surface area contributed by atoms with E-state index in [4.69, 9.17) is 5.73 Å². The zero-order chi connectivity index (χ0) is 7.84. The van der Waals surface area contributed by atoms with Gasteiger partial charge in [-0.1, -0.05) is 0 Å². The van der Waals surface area contributed by atoms with E-state index in [1.807, 2.05) is 0 Å². The first-order valence-corrected chi connectivity index (χ1v) is 3.30. The van der Waals surface area contributed by atoms with Gasteiger partial charge in [-0.25, -0.2) is 4.98 Å². The molecular weight excluding hydrogens is 142 g/mol. The molecule has 1 aliphatic rings. The van der Waals surface area contributed by atoms with E-state index in [0.29, 0.717) is 17.9 Å². The van der Waals surface area contributed by atoms with Crippen LogP contribution in [-0.2, 0) is 6.54 Å². The Hall–Kier alpha value is -1.58. The second-order valence-corrected chi connectivity index (χ2v) is 2.46. The second-order valence-electron chi connectivity index (χ2n) is 2.46. The SMILES string of the molecule is Nc1cnc2c(c1)CNC2=O. The van der Waals surface area contributed by atoms with Gasteiger partial charge in [0.25, 0.3) is 5.91 Å². The third-order valence-electron chi connectivity index (χ3n) is 1.64. The van der Waals surface area contributed by atoms with E-state index in [1.165, 1.54) is 6.20 Å². The highest BCUT2D eigenvalue weighted by Gasteiger charge is 2.19. The molecule has 3 N–H and O–H groups in total. The molecule has 0 spiro atoms. The lowest BCUT2D eigenvalue weighted by Crippen LogP contribution is -2.13. The number of carbonyl (C=O) groups is 1. The number of hydrogen-bond donors (Lipinski definition) is 2. The quantitative estimate of drug-likeness (QED) is 0.541. The number of hydrogen-bond acceptors (Lipinski definition) is 3. The molecule has 0 saturated carbocycles. The molecule has 56 valence electrons. The lowest BCUT2D eigenvalue weighted by Gasteiger charge is -1.94. The summed E-state index contributed by atoms with van der Waals surface area (Å²) in [6.45, 7) is 0.548. The summed E-state index contributed by atoms with van der Waals surface area (Å²) in [4.78, 5) is 14.9. The fourth-order valence-electron chi connectivity index (χ4n) is 1.13. The van der Waals surface area contributed by atoms with Gasteiger partial charge in [0.15, 0.2) is 0 Å². The molecule has 4 nitrogen and oxygen atoms in total. The van der Waals surface area contributed by atoms with Crippen molar-refractivity contribution >= 4 is 11.6 Å². The first-order chi connectivity index (χ1) is 5.27. The topological polar surface area (TPSA) is 68.0 Å². The number of anilines is 1. The maximum atomic E-state index is 11.0. The van der Waals surface area contributed by atoms with E-state index in [1.54, 1.807) is 6.07 Å². The molecule has 0 aromatic carbocycles. The second kappa shape index (κ2) is 1.95. The molecule has 4 heteroatoms. The molecule has 0 fully saturated rings. The van der Waals surface area contributed by atoms with Gasteiger partial charge in [-0.3, -0.25) is 4.79 Å². The van der Waals surface area contributed by atoms with Crippen LogP contribution in [0.25, 0.3) is 0 Å². The monoisotopic (exact) mass is 149 g/mol. The molecule has 0 aliphatic carbocycles. The predicted molar refractivity (Wildman–Crippen MR) is 39.8 cm³/mol. The maximum absolute atomic E-state index is 11.0. The number of pyridine rings is 1. The Morgan fingerprint density at radius 3 is 3.27 bits per heavy atom. The molecule has 1 aromatic heterocycles. The van der Waals surface area contributed by atoms with Gasteiger partial charge in [-0.2, -0.15) is 0 Å². The summed E-state index contributed by atoms with van der Waals surface area (Å²) in [6.07, 6.45) is 1.49. The molecule has 2 rings (SSSR count). The number of aromatic nitrogens is 1. The van der Waals surface area contributed by atoms with E-state index in [-0.39, 0.29) is 5.91 Å². The largest absolute Gasteiger partial charge is 0.397 e. The number of nitrogens with two attached hydrogens (primary N) is 1. The Bertz CT molecular complexity index is 321. The highest BCUT2D eigenvalue weighted by Crippen LogP contribution is 2.14. The van der Waals surface area contributed by atoms with E-state index in [9.17, 15) is 4.79 Å². The summed E-state index contributed by atoms with van der Waals surface area (Å²) in [5, 5.41) is 2.66. The zero-order valence-corrected chi connectivity index (χ0v) is 5.79. The van der Waals surface area contributed by atoms with Crippen LogP contribution in [0.1, 0.15) is 16.1 Å². The number of fused-ring (bicyclic) bond motifs is 1. The number of carbonyl (C=O) groups excluding carboxylic acids is 1. The van der Waals surface area contributed by atoms with Crippen LogP contribution in [0.5, 0.6) is 0 Å². The van der Waals surface area contributed by atoms with Crippen LogP contribution in [0, 0.1) is 0 Å². The number of rotatable bonds is 0. The third-order valence-corrected chi connectivity index (χ3v) is 1.64. The highest BCUT2D eigenvalue weighted by molar-refractivity contribution is 5.96. The minimum atomic E-state index is -0.111. The molecule has 0 atom stereocenters. The number of nitrogens with one attached hydrogen (secondary N) is 1. The summed E-state index contributed by atoms with van der Waals surface area (Å²) in [5.41, 5.74) is 7.46. The van der Waals surface area contributed by atoms with Crippen molar-refractivity contribution in [2.75, 3.05) is 5.73 Å². The summed E-state index contributed by atoms with van der Waals surface area (Å²) in [5.74, 6) is -0.111. The number of nitrogen functional groups attached to an aromatic ring is 1. The van der Waals surface area contributed by atoms with Crippen molar-refractivity contribution < 1.29 is 4.79 Å².